The van der Waals surface area contributed by atoms with E-state index in [-0.39, 0.29) is 43.4 Å². The minimum atomic E-state index is -1.46. The quantitative estimate of drug-likeness (QED) is 0.0400. The van der Waals surface area contributed by atoms with Crippen molar-refractivity contribution in [1.29, 1.82) is 0 Å². The number of hydrogen-bond donors (Lipinski definition) is 9. The topological polar surface area (TPSA) is 327 Å². The van der Waals surface area contributed by atoms with E-state index in [9.17, 15) is 43.5 Å². The standard InChI is InChI=1S/C54H80N10O12/c1-30(2)40(27-32(5)45(67)60-38(50(72)73)24-25-41(65)66)63(12)49(71)43(53(6,7)8)61-48(70)44(54(9,10)36-28-62(11)39-19-15-14-17-35(36)39)64(13)52(75)76-29-33-20-22-34(23-21-33)58-46(68)37(18-16-26-57-51(56)74)59-47(69)42(55)31(3)4/h14-15,17,19-23,27-28,30-31,37-38,40,42-44H,16,18,24-26,29,55H2,1-13H3,(H,58,68)(H,59,69)(H,60,67)(H,61,70)(H,65,66)(H,72,73)(H3,56,57,74)/b32-27+/t37-,38+,40+,42-,43+,44+/m0/s1. The molecule has 2 aromatic carbocycles. The number of anilines is 1. The van der Waals surface area contributed by atoms with Crippen LogP contribution in [0.1, 0.15) is 106 Å². The molecule has 3 rings (SSSR count). The number of nitrogens with zero attached hydrogens (tertiary/aromatic N) is 3. The molecule has 8 amide bonds. The highest BCUT2D eigenvalue weighted by Gasteiger charge is 2.46. The third kappa shape index (κ3) is 17.3. The summed E-state index contributed by atoms with van der Waals surface area (Å²) >= 11 is 0. The summed E-state index contributed by atoms with van der Waals surface area (Å²) in [6.07, 6.45) is 2.23. The highest BCUT2D eigenvalue weighted by Crippen LogP contribution is 2.37. The summed E-state index contributed by atoms with van der Waals surface area (Å²) in [6.45, 7) is 17.6. The maximum Gasteiger partial charge on any atom is 0.410 e. The maximum atomic E-state index is 15.2. The number of para-hydroxylation sites is 1. The Morgan fingerprint density at radius 3 is 1.96 bits per heavy atom. The van der Waals surface area contributed by atoms with Crippen molar-refractivity contribution in [3.63, 3.8) is 0 Å². The molecule has 418 valence electrons. The maximum absolute atomic E-state index is 15.2. The molecule has 0 saturated heterocycles. The fourth-order valence-electron chi connectivity index (χ4n) is 8.71. The molecule has 11 N–H and O–H groups in total. The third-order valence-corrected chi connectivity index (χ3v) is 13.3. The molecule has 22 nitrogen and oxygen atoms in total. The number of aryl methyl sites for hydroxylation is 1. The number of nitrogens with two attached hydrogens (primary N) is 2. The number of nitrogens with one attached hydrogen (secondary N) is 5. The molecule has 1 aromatic heterocycles. The van der Waals surface area contributed by atoms with Gasteiger partial charge in [-0.1, -0.05) is 98.7 Å². The van der Waals surface area contributed by atoms with Crippen molar-refractivity contribution in [1.82, 2.24) is 35.6 Å². The minimum absolute atomic E-state index is 0.0823. The van der Waals surface area contributed by atoms with Crippen molar-refractivity contribution in [3.05, 3.63) is 77.5 Å². The molecule has 0 bridgehead atoms. The average Bonchev–Trinajstić information content (AvgIpc) is 3.69. The first-order valence-corrected chi connectivity index (χ1v) is 25.2. The molecular weight excluding hydrogens is 981 g/mol. The van der Waals surface area contributed by atoms with E-state index >= 15 is 4.79 Å². The van der Waals surface area contributed by atoms with Gasteiger partial charge < -0.3 is 62.5 Å². The number of ether oxygens (including phenoxy) is 1. The number of hydrogen-bond acceptors (Lipinski definition) is 11. The number of fused-ring (bicyclic) bond motifs is 1. The van der Waals surface area contributed by atoms with Gasteiger partial charge in [0.05, 0.1) is 12.1 Å². The van der Waals surface area contributed by atoms with Gasteiger partial charge in [-0.3, -0.25) is 33.7 Å². The van der Waals surface area contributed by atoms with Crippen LogP contribution in [-0.4, -0.2) is 135 Å². The first kappa shape index (κ1) is 62.8. The summed E-state index contributed by atoms with van der Waals surface area (Å²) in [5.74, 6) is -6.09. The number of primary amides is 1. The van der Waals surface area contributed by atoms with E-state index in [2.05, 4.69) is 26.6 Å². The molecule has 0 saturated carbocycles. The number of rotatable bonds is 26. The largest absolute Gasteiger partial charge is 0.481 e. The number of amides is 8. The SMILES string of the molecule is C/C(=C\[C@H](C(C)C)N(C)C(=O)[C@@H](NC(=O)[C@@H](N(C)C(=O)OCc1ccc(NC(=O)[C@H](CCCNC(N)=O)NC(=O)[C@@H](N)C(C)C)cc1)C(C)(C)c1cn(C)c2ccccc12)C(C)(C)C)C(=O)N[C@H](CCC(=O)O)C(=O)O. The summed E-state index contributed by atoms with van der Waals surface area (Å²) in [7, 11) is 4.84. The molecule has 0 aliphatic rings. The van der Waals surface area contributed by atoms with Crippen LogP contribution < -0.4 is 38.1 Å². The van der Waals surface area contributed by atoms with Gasteiger partial charge in [-0.05, 0) is 72.8 Å². The van der Waals surface area contributed by atoms with Gasteiger partial charge >= 0.3 is 24.1 Å². The van der Waals surface area contributed by atoms with Crippen LogP contribution in [0.3, 0.4) is 0 Å². The number of aromatic nitrogens is 1. The Bertz CT molecular complexity index is 2600. The summed E-state index contributed by atoms with van der Waals surface area (Å²) < 4.78 is 7.76. The zero-order valence-electron chi connectivity index (χ0n) is 46.1. The summed E-state index contributed by atoms with van der Waals surface area (Å²) in [5, 5.41) is 32.8. The minimum Gasteiger partial charge on any atom is -0.481 e. The lowest BCUT2D eigenvalue weighted by Gasteiger charge is -2.42. The number of carboxylic acid groups (broad SMARTS) is 2. The molecule has 0 aliphatic carbocycles. The number of benzene rings is 2. The van der Waals surface area contributed by atoms with Gasteiger partial charge in [0.15, 0.2) is 0 Å². The van der Waals surface area contributed by atoms with E-state index in [1.54, 1.807) is 58.9 Å². The lowest BCUT2D eigenvalue weighted by Crippen LogP contribution is -2.63. The predicted octanol–water partition coefficient (Wildman–Crippen LogP) is 4.34. The first-order chi connectivity index (χ1) is 35.3. The van der Waals surface area contributed by atoms with Crippen molar-refractivity contribution in [2.24, 2.45) is 35.8 Å². The zero-order chi connectivity index (χ0) is 57.6. The van der Waals surface area contributed by atoms with Gasteiger partial charge in [0.1, 0.15) is 30.8 Å². The molecule has 6 atom stereocenters. The molecule has 0 fully saturated rings. The van der Waals surface area contributed by atoms with E-state index < -0.39 is 107 Å². The molecule has 76 heavy (non-hydrogen) atoms. The van der Waals surface area contributed by atoms with Crippen molar-refractivity contribution >= 4 is 70.2 Å². The fourth-order valence-corrected chi connectivity index (χ4v) is 8.71. The van der Waals surface area contributed by atoms with Crippen LogP contribution in [0, 0.1) is 17.3 Å². The second-order valence-corrected chi connectivity index (χ2v) is 21.5. The van der Waals surface area contributed by atoms with Crippen molar-refractivity contribution in [2.45, 2.75) is 143 Å². The Kier molecular flexibility index (Phi) is 22.6. The van der Waals surface area contributed by atoms with Gasteiger partial charge in [-0.15, -0.1) is 0 Å². The number of aliphatic carboxylic acids is 2. The number of carboxylic acids is 2. The number of carbonyl (C=O) groups excluding carboxylic acids is 7. The third-order valence-electron chi connectivity index (χ3n) is 13.3. The molecule has 22 heteroatoms. The lowest BCUT2D eigenvalue weighted by atomic mass is 9.76. The Balaban J connectivity index is 1.94. The smallest absolute Gasteiger partial charge is 0.410 e. The lowest BCUT2D eigenvalue weighted by molar-refractivity contribution is -0.142. The predicted molar refractivity (Wildman–Crippen MR) is 287 cm³/mol. The average molecular weight is 1060 g/mol. The molecule has 1 heterocycles. The first-order valence-electron chi connectivity index (χ1n) is 25.2. The van der Waals surface area contributed by atoms with E-state index in [4.69, 9.17) is 21.3 Å². The summed E-state index contributed by atoms with van der Waals surface area (Å²) in [4.78, 5) is 120. The van der Waals surface area contributed by atoms with E-state index in [1.165, 1.54) is 36.9 Å². The van der Waals surface area contributed by atoms with Crippen LogP contribution in [-0.2, 0) is 57.4 Å². The Morgan fingerprint density at radius 2 is 1.41 bits per heavy atom. The second kappa shape index (κ2) is 27.3. The van der Waals surface area contributed by atoms with Gasteiger partial charge in [-0.2, -0.15) is 0 Å². The van der Waals surface area contributed by atoms with Crippen molar-refractivity contribution in [2.75, 3.05) is 26.0 Å². The molecule has 0 radical (unpaired) electrons. The van der Waals surface area contributed by atoms with Gasteiger partial charge in [0, 0.05) is 67.9 Å². The van der Waals surface area contributed by atoms with Crippen LogP contribution in [0.15, 0.2) is 66.4 Å². The summed E-state index contributed by atoms with van der Waals surface area (Å²) in [5.41, 5.74) is 11.7. The van der Waals surface area contributed by atoms with E-state index in [1.807, 2.05) is 69.8 Å². The highest BCUT2D eigenvalue weighted by atomic mass is 16.6. The Labute approximate surface area is 445 Å². The van der Waals surface area contributed by atoms with Crippen LogP contribution in [0.5, 0.6) is 0 Å². The van der Waals surface area contributed by atoms with Gasteiger partial charge in [-0.25, -0.2) is 14.4 Å². The molecule has 3 aromatic rings. The summed E-state index contributed by atoms with van der Waals surface area (Å²) in [6, 6.07) is 6.80. The van der Waals surface area contributed by atoms with Crippen molar-refractivity contribution < 1.29 is 58.1 Å². The number of urea groups is 1. The number of carbonyl (C=O) groups is 9. The van der Waals surface area contributed by atoms with Gasteiger partial charge in [0.25, 0.3) is 0 Å². The fraction of sp³-hybridized carbons (Fsp3) is 0.537. The molecule has 0 aliphatic heterocycles. The molecule has 0 spiro atoms. The van der Waals surface area contributed by atoms with Crippen LogP contribution >= 0.6 is 0 Å². The zero-order valence-corrected chi connectivity index (χ0v) is 46.1. The van der Waals surface area contributed by atoms with Crippen LogP contribution in [0.25, 0.3) is 10.9 Å². The molecular formula is C54H80N10O12. The monoisotopic (exact) mass is 1060 g/mol. The van der Waals surface area contributed by atoms with Crippen LogP contribution in [0.4, 0.5) is 15.3 Å². The number of likely N-dealkylation sites (N-methyl/N-ethyl adjacent to an activating group) is 2. The highest BCUT2D eigenvalue weighted by molar-refractivity contribution is 5.98. The normalized spacial score (nSPS) is 14.3. The Hall–Kier alpha value is -7.49. The Morgan fingerprint density at radius 1 is 0.789 bits per heavy atom. The van der Waals surface area contributed by atoms with E-state index in [0.717, 1.165) is 16.5 Å². The van der Waals surface area contributed by atoms with E-state index in [0.29, 0.717) is 17.7 Å². The molecule has 0 unspecified atom stereocenters. The van der Waals surface area contributed by atoms with Gasteiger partial charge in [0.2, 0.25) is 29.5 Å². The van der Waals surface area contributed by atoms with Crippen molar-refractivity contribution in [3.8, 4) is 0 Å². The van der Waals surface area contributed by atoms with Crippen LogP contribution in [0.2, 0.25) is 0 Å². The second-order valence-electron chi connectivity index (χ2n) is 21.5.